The summed E-state index contributed by atoms with van der Waals surface area (Å²) in [4.78, 5) is 30.3. The average molecular weight is 641 g/mol. The normalized spacial score (nSPS) is 47.5. The molecule has 8 nitrogen and oxygen atoms in total. The molecule has 8 heteroatoms. The van der Waals surface area contributed by atoms with Gasteiger partial charge in [-0.3, -0.25) is 9.59 Å². The summed E-state index contributed by atoms with van der Waals surface area (Å²) in [5.74, 6) is 4.19. The van der Waals surface area contributed by atoms with Crippen molar-refractivity contribution >= 4 is 11.8 Å². The molecule has 0 unspecified atom stereocenters. The van der Waals surface area contributed by atoms with E-state index in [1.54, 1.807) is 0 Å². The van der Waals surface area contributed by atoms with Gasteiger partial charge in [0.2, 0.25) is 11.8 Å². The largest absolute Gasteiger partial charge is 0.356 e. The fourth-order valence-electron chi connectivity index (χ4n) is 12.5. The zero-order valence-corrected chi connectivity index (χ0v) is 29.7. The highest BCUT2D eigenvalue weighted by Crippen LogP contribution is 2.71. The van der Waals surface area contributed by atoms with E-state index < -0.39 is 0 Å². The number of nitrogens with one attached hydrogen (secondary N) is 2. The molecule has 260 valence electrons. The Labute approximate surface area is 278 Å². The summed E-state index contributed by atoms with van der Waals surface area (Å²) in [6.45, 7) is 16.9. The number of likely N-dealkylation sites (N-methyl/N-ethyl adjacent to an activating group) is 1. The third kappa shape index (κ3) is 5.98. The first-order valence-electron chi connectivity index (χ1n) is 19.3. The van der Waals surface area contributed by atoms with Crippen LogP contribution in [0.1, 0.15) is 105 Å². The number of carbonyl (C=O) groups excluding carboxylic acids is 2. The topological polar surface area (TPSA) is 83.1 Å². The predicted octanol–water partition coefficient (Wildman–Crippen LogP) is 5.06. The van der Waals surface area contributed by atoms with Crippen LogP contribution in [0.5, 0.6) is 0 Å². The first-order valence-corrected chi connectivity index (χ1v) is 19.3. The van der Waals surface area contributed by atoms with Crippen molar-refractivity contribution in [3.05, 3.63) is 0 Å². The highest BCUT2D eigenvalue weighted by molar-refractivity contribution is 5.96. The Balaban J connectivity index is 0.886. The molecule has 2 amide bonds. The number of hydrogen-bond acceptors (Lipinski definition) is 6. The minimum atomic E-state index is -0.329. The van der Waals surface area contributed by atoms with Crippen LogP contribution >= 0.6 is 0 Å². The molecule has 3 saturated heterocycles. The predicted molar refractivity (Wildman–Crippen MR) is 180 cm³/mol. The molecule has 7 aliphatic rings. The van der Waals surface area contributed by atoms with E-state index in [0.717, 1.165) is 82.8 Å². The van der Waals surface area contributed by atoms with Crippen LogP contribution in [0.25, 0.3) is 0 Å². The maximum atomic E-state index is 12.9. The van der Waals surface area contributed by atoms with Crippen molar-refractivity contribution in [3.8, 4) is 0 Å². The second-order valence-electron chi connectivity index (χ2n) is 17.7. The Kier molecular flexibility index (Phi) is 9.34. The minimum Gasteiger partial charge on any atom is -0.356 e. The van der Waals surface area contributed by atoms with Gasteiger partial charge in [-0.1, -0.05) is 27.7 Å². The summed E-state index contributed by atoms with van der Waals surface area (Å²) < 4.78 is 13.5. The smallest absolute Gasteiger partial charge is 0.229 e. The summed E-state index contributed by atoms with van der Waals surface area (Å²) in [6.07, 6.45) is 13.4. The van der Waals surface area contributed by atoms with E-state index in [4.69, 9.17) is 9.47 Å². The summed E-state index contributed by atoms with van der Waals surface area (Å²) in [5, 5.41) is 6.27. The second kappa shape index (κ2) is 12.9. The van der Waals surface area contributed by atoms with Crippen molar-refractivity contribution in [1.29, 1.82) is 0 Å². The maximum Gasteiger partial charge on any atom is 0.229 e. The lowest BCUT2D eigenvalue weighted by Gasteiger charge is -2.61. The zero-order chi connectivity index (χ0) is 32.3. The number of rotatable bonds is 7. The van der Waals surface area contributed by atoms with E-state index in [1.165, 1.54) is 44.9 Å². The van der Waals surface area contributed by atoms with Gasteiger partial charge in [0.25, 0.3) is 0 Å². The van der Waals surface area contributed by atoms with E-state index in [-0.39, 0.29) is 30.1 Å². The molecular formula is C38H64N4O4. The van der Waals surface area contributed by atoms with Gasteiger partial charge in [-0.15, -0.1) is 0 Å². The van der Waals surface area contributed by atoms with Crippen LogP contribution in [0.15, 0.2) is 0 Å². The summed E-state index contributed by atoms with van der Waals surface area (Å²) in [7, 11) is 2.17. The Morgan fingerprint density at radius 1 is 0.870 bits per heavy atom. The molecule has 1 spiro atoms. The molecule has 0 bridgehead atoms. The Morgan fingerprint density at radius 2 is 1.65 bits per heavy atom. The minimum absolute atomic E-state index is 0.0495. The number of hydrogen-bond donors (Lipinski definition) is 2. The molecule has 3 aliphatic heterocycles. The van der Waals surface area contributed by atoms with Crippen molar-refractivity contribution in [2.45, 2.75) is 123 Å². The number of ether oxygens (including phenoxy) is 2. The molecule has 0 radical (unpaired) electrons. The van der Waals surface area contributed by atoms with Gasteiger partial charge in [-0.05, 0) is 124 Å². The molecule has 0 aromatic carbocycles. The molecule has 0 aromatic rings. The second-order valence-corrected chi connectivity index (χ2v) is 17.7. The van der Waals surface area contributed by atoms with Crippen molar-refractivity contribution < 1.29 is 19.1 Å². The number of amides is 2. The first kappa shape index (κ1) is 33.3. The van der Waals surface area contributed by atoms with E-state index in [2.05, 4.69) is 55.2 Å². The van der Waals surface area contributed by atoms with E-state index in [0.29, 0.717) is 47.2 Å². The molecule has 4 saturated carbocycles. The standard InChI is InChI=1S/C38H64N4O4/c1-25-9-14-38(45-24-25)26(2)35-32(46-38)22-31-29-8-7-27-21-28(10-12-36(27,3)30(29)11-13-37(31,35)4)40-34(44)23-33(43)39-15-6-16-42-19-17-41(5)18-20-42/h25-32,35H,6-24H2,1-5H3,(H,39,43)(H,40,44)/t25-,26-,27+,28+,29+,30-,31-,32-,35-,36-,37-,38+/m0/s1. The highest BCUT2D eigenvalue weighted by atomic mass is 16.7. The molecule has 7 fully saturated rings. The van der Waals surface area contributed by atoms with E-state index >= 15 is 0 Å². The molecule has 12 atom stereocenters. The highest BCUT2D eigenvalue weighted by Gasteiger charge is 2.69. The average Bonchev–Trinajstić information content (AvgIpc) is 3.47. The molecular weight excluding hydrogens is 576 g/mol. The van der Waals surface area contributed by atoms with Gasteiger partial charge in [0.15, 0.2) is 5.79 Å². The Morgan fingerprint density at radius 3 is 2.41 bits per heavy atom. The third-order valence-electron chi connectivity index (χ3n) is 15.2. The quantitative estimate of drug-likeness (QED) is 0.299. The number of carbonyl (C=O) groups is 2. The summed E-state index contributed by atoms with van der Waals surface area (Å²) in [5.41, 5.74) is 0.724. The van der Waals surface area contributed by atoms with Crippen LogP contribution in [0.2, 0.25) is 0 Å². The van der Waals surface area contributed by atoms with Crippen LogP contribution in [0, 0.1) is 52.3 Å². The van der Waals surface area contributed by atoms with Crippen LogP contribution in [-0.2, 0) is 19.1 Å². The Hall–Kier alpha value is -1.22. The first-order chi connectivity index (χ1) is 22.0. The van der Waals surface area contributed by atoms with Crippen LogP contribution in [0.4, 0.5) is 0 Å². The van der Waals surface area contributed by atoms with Crippen LogP contribution < -0.4 is 10.6 Å². The Bertz CT molecular complexity index is 1120. The number of fused-ring (bicyclic) bond motifs is 7. The molecule has 4 aliphatic carbocycles. The van der Waals surface area contributed by atoms with Gasteiger partial charge in [0, 0.05) is 51.1 Å². The third-order valence-corrected chi connectivity index (χ3v) is 15.2. The van der Waals surface area contributed by atoms with Crippen molar-refractivity contribution in [1.82, 2.24) is 20.4 Å². The summed E-state index contributed by atoms with van der Waals surface area (Å²) >= 11 is 0. The maximum absolute atomic E-state index is 12.9. The van der Waals surface area contributed by atoms with Crippen LogP contribution in [0.3, 0.4) is 0 Å². The summed E-state index contributed by atoms with van der Waals surface area (Å²) in [6, 6.07) is 0.204. The van der Waals surface area contributed by atoms with E-state index in [1.807, 2.05) is 0 Å². The fraction of sp³-hybridized carbons (Fsp3) is 0.947. The van der Waals surface area contributed by atoms with Gasteiger partial charge in [0.1, 0.15) is 6.42 Å². The zero-order valence-electron chi connectivity index (χ0n) is 29.7. The van der Waals surface area contributed by atoms with Gasteiger partial charge < -0.3 is 29.9 Å². The van der Waals surface area contributed by atoms with E-state index in [9.17, 15) is 9.59 Å². The number of nitrogens with zero attached hydrogens (tertiary/aromatic N) is 2. The fourth-order valence-corrected chi connectivity index (χ4v) is 12.5. The molecule has 0 aromatic heterocycles. The van der Waals surface area contributed by atoms with Crippen molar-refractivity contribution in [2.24, 2.45) is 52.3 Å². The van der Waals surface area contributed by atoms with Gasteiger partial charge in [0.05, 0.1) is 12.7 Å². The van der Waals surface area contributed by atoms with Crippen molar-refractivity contribution in [3.63, 3.8) is 0 Å². The lowest BCUT2D eigenvalue weighted by molar-refractivity contribution is -0.273. The van der Waals surface area contributed by atoms with Crippen molar-refractivity contribution in [2.75, 3.05) is 52.9 Å². The monoisotopic (exact) mass is 640 g/mol. The van der Waals surface area contributed by atoms with Crippen LogP contribution in [-0.4, -0.2) is 92.5 Å². The molecule has 46 heavy (non-hydrogen) atoms. The van der Waals surface area contributed by atoms with Gasteiger partial charge in [-0.25, -0.2) is 0 Å². The molecule has 7 rings (SSSR count). The lowest BCUT2D eigenvalue weighted by atomic mass is 9.44. The molecule has 2 N–H and O–H groups in total. The van der Waals surface area contributed by atoms with Gasteiger partial charge >= 0.3 is 0 Å². The SMILES string of the molecule is C[C@H]1CC[C@@]2(OC1)O[C@H]1C[C@H]3[C@@H]4CC[C@@H]5C[C@H](NC(=O)CC(=O)NCCCN6CCN(C)CC6)CC[C@]5(C)[C@H]4CC[C@]3(C)[C@H]1[C@@H]2C. The molecule has 3 heterocycles. The van der Waals surface area contributed by atoms with Gasteiger partial charge in [-0.2, -0.15) is 0 Å². The lowest BCUT2D eigenvalue weighted by Crippen LogP contribution is -2.56. The number of piperazine rings is 1.